The van der Waals surface area contributed by atoms with Crippen molar-refractivity contribution in [1.29, 1.82) is 0 Å². The van der Waals surface area contributed by atoms with E-state index in [1.807, 2.05) is 11.7 Å². The van der Waals surface area contributed by atoms with Crippen molar-refractivity contribution >= 4 is 23.4 Å². The molecule has 2 heterocycles. The van der Waals surface area contributed by atoms with Crippen molar-refractivity contribution in [1.82, 2.24) is 19.3 Å². The Morgan fingerprint density at radius 2 is 2.00 bits per heavy atom. The van der Waals surface area contributed by atoms with Gasteiger partial charge in [0, 0.05) is 13.1 Å². The number of H-pyrrole nitrogens is 1. The zero-order chi connectivity index (χ0) is 14.2. The summed E-state index contributed by atoms with van der Waals surface area (Å²) >= 11 is 5.52. The van der Waals surface area contributed by atoms with Crippen LogP contribution < -0.4 is 0 Å². The lowest BCUT2D eigenvalue weighted by atomic mass is 10.0. The second-order valence-electron chi connectivity index (χ2n) is 5.45. The predicted molar refractivity (Wildman–Crippen MR) is 82.0 cm³/mol. The first-order chi connectivity index (χ1) is 9.01. The van der Waals surface area contributed by atoms with Crippen LogP contribution in [0.4, 0.5) is 0 Å². The third-order valence-corrected chi connectivity index (χ3v) is 4.43. The van der Waals surface area contributed by atoms with Crippen LogP contribution in [0.1, 0.15) is 52.3 Å². The fourth-order valence-corrected chi connectivity index (χ4v) is 2.98. The Morgan fingerprint density at radius 1 is 1.32 bits per heavy atom. The number of imidazole rings is 1. The summed E-state index contributed by atoms with van der Waals surface area (Å²) in [5.74, 6) is 0.593. The van der Waals surface area contributed by atoms with Gasteiger partial charge in [-0.05, 0) is 31.5 Å². The minimum atomic E-state index is 0.385. The summed E-state index contributed by atoms with van der Waals surface area (Å²) in [6.07, 6.45) is 3.23. The highest BCUT2D eigenvalue weighted by atomic mass is 32.1. The third-order valence-electron chi connectivity index (χ3n) is 4.13. The number of rotatable bonds is 5. The van der Waals surface area contributed by atoms with Crippen LogP contribution in [-0.4, -0.2) is 19.3 Å². The maximum atomic E-state index is 5.52. The van der Waals surface area contributed by atoms with E-state index in [0.29, 0.717) is 12.0 Å². The summed E-state index contributed by atoms with van der Waals surface area (Å²) in [5.41, 5.74) is 3.37. The van der Waals surface area contributed by atoms with E-state index in [2.05, 4.69) is 42.3 Å². The Labute approximate surface area is 119 Å². The SMILES string of the molecule is CCCc1nn(C)c2c1[nH]c(=S)n2C(C)C(C)CC. The predicted octanol–water partition coefficient (Wildman–Crippen LogP) is 3.99. The quantitative estimate of drug-likeness (QED) is 0.841. The van der Waals surface area contributed by atoms with Gasteiger partial charge in [-0.25, -0.2) is 0 Å². The number of nitrogens with one attached hydrogen (secondary N) is 1. The second kappa shape index (κ2) is 5.49. The van der Waals surface area contributed by atoms with Crippen molar-refractivity contribution in [3.8, 4) is 0 Å². The lowest BCUT2D eigenvalue weighted by Crippen LogP contribution is -2.15. The number of hydrogen-bond donors (Lipinski definition) is 1. The lowest BCUT2D eigenvalue weighted by Gasteiger charge is -2.20. The molecule has 0 aliphatic heterocycles. The molecule has 0 aromatic carbocycles. The van der Waals surface area contributed by atoms with E-state index >= 15 is 0 Å². The zero-order valence-corrected chi connectivity index (χ0v) is 13.3. The molecule has 4 nitrogen and oxygen atoms in total. The summed E-state index contributed by atoms with van der Waals surface area (Å²) in [7, 11) is 2.00. The van der Waals surface area contributed by atoms with Crippen LogP contribution in [0.3, 0.4) is 0 Å². The molecule has 0 amide bonds. The van der Waals surface area contributed by atoms with Crippen molar-refractivity contribution in [2.24, 2.45) is 13.0 Å². The van der Waals surface area contributed by atoms with Crippen LogP contribution in [0, 0.1) is 10.7 Å². The van der Waals surface area contributed by atoms with Crippen molar-refractivity contribution < 1.29 is 0 Å². The molecule has 0 fully saturated rings. The van der Waals surface area contributed by atoms with E-state index in [1.54, 1.807) is 0 Å². The van der Waals surface area contributed by atoms with Crippen molar-refractivity contribution in [3.05, 3.63) is 10.5 Å². The summed E-state index contributed by atoms with van der Waals surface area (Å²) in [6.45, 7) is 8.91. The molecular formula is C14H24N4S. The summed E-state index contributed by atoms with van der Waals surface area (Å²) in [4.78, 5) is 3.36. The minimum Gasteiger partial charge on any atom is -0.328 e. The monoisotopic (exact) mass is 280 g/mol. The van der Waals surface area contributed by atoms with Crippen molar-refractivity contribution in [3.63, 3.8) is 0 Å². The first kappa shape index (κ1) is 14.3. The van der Waals surface area contributed by atoms with Gasteiger partial charge < -0.3 is 4.98 Å². The van der Waals surface area contributed by atoms with Gasteiger partial charge in [0.25, 0.3) is 0 Å². The number of aromatic nitrogens is 4. The van der Waals surface area contributed by atoms with E-state index in [-0.39, 0.29) is 0 Å². The summed E-state index contributed by atoms with van der Waals surface area (Å²) in [5, 5.41) is 4.63. The molecule has 0 aliphatic rings. The van der Waals surface area contributed by atoms with Crippen LogP contribution in [0.25, 0.3) is 11.2 Å². The molecule has 1 N–H and O–H groups in total. The fourth-order valence-electron chi connectivity index (χ4n) is 2.62. The fraction of sp³-hybridized carbons (Fsp3) is 0.714. The largest absolute Gasteiger partial charge is 0.328 e. The molecule has 2 rings (SSSR count). The maximum Gasteiger partial charge on any atom is 0.179 e. The van der Waals surface area contributed by atoms with Gasteiger partial charge in [-0.2, -0.15) is 5.10 Å². The number of fused-ring (bicyclic) bond motifs is 1. The number of aromatic amines is 1. The Bertz CT molecular complexity index is 619. The van der Waals surface area contributed by atoms with Gasteiger partial charge in [0.1, 0.15) is 5.52 Å². The number of nitrogens with zero attached hydrogens (tertiary/aromatic N) is 3. The van der Waals surface area contributed by atoms with E-state index in [1.165, 1.54) is 0 Å². The summed E-state index contributed by atoms with van der Waals surface area (Å²) in [6, 6.07) is 0.385. The average Bonchev–Trinajstić information content (AvgIpc) is 2.86. The molecule has 19 heavy (non-hydrogen) atoms. The van der Waals surface area contributed by atoms with E-state index in [9.17, 15) is 0 Å². The van der Waals surface area contributed by atoms with Crippen LogP contribution in [0.5, 0.6) is 0 Å². The number of hydrogen-bond acceptors (Lipinski definition) is 2. The first-order valence-corrected chi connectivity index (χ1v) is 7.58. The number of aryl methyl sites for hydroxylation is 2. The van der Waals surface area contributed by atoms with Crippen LogP contribution >= 0.6 is 12.2 Å². The van der Waals surface area contributed by atoms with Gasteiger partial charge >= 0.3 is 0 Å². The highest BCUT2D eigenvalue weighted by Crippen LogP contribution is 2.27. The first-order valence-electron chi connectivity index (χ1n) is 7.17. The van der Waals surface area contributed by atoms with Crippen LogP contribution in [0.15, 0.2) is 0 Å². The molecule has 0 bridgehead atoms. The molecule has 0 saturated heterocycles. The second-order valence-corrected chi connectivity index (χ2v) is 5.83. The zero-order valence-electron chi connectivity index (χ0n) is 12.5. The third kappa shape index (κ3) is 2.36. The Balaban J connectivity index is 2.62. The highest BCUT2D eigenvalue weighted by Gasteiger charge is 2.20. The Morgan fingerprint density at radius 3 is 2.58 bits per heavy atom. The molecule has 2 atom stereocenters. The Hall–Kier alpha value is -1.10. The molecule has 0 aliphatic carbocycles. The molecule has 106 valence electrons. The topological polar surface area (TPSA) is 38.5 Å². The Kier molecular flexibility index (Phi) is 4.13. The van der Waals surface area contributed by atoms with Gasteiger partial charge in [-0.1, -0.05) is 33.6 Å². The molecule has 2 aromatic heterocycles. The smallest absolute Gasteiger partial charge is 0.179 e. The lowest BCUT2D eigenvalue weighted by molar-refractivity contribution is 0.370. The van der Waals surface area contributed by atoms with Crippen molar-refractivity contribution in [2.75, 3.05) is 0 Å². The van der Waals surface area contributed by atoms with Gasteiger partial charge in [0.2, 0.25) is 0 Å². The molecule has 5 heteroatoms. The normalized spacial score (nSPS) is 15.0. The van der Waals surface area contributed by atoms with Crippen LogP contribution in [-0.2, 0) is 13.5 Å². The molecule has 0 saturated carbocycles. The van der Waals surface area contributed by atoms with E-state index < -0.39 is 0 Å². The molecule has 0 spiro atoms. The van der Waals surface area contributed by atoms with Gasteiger partial charge in [0.05, 0.1) is 5.69 Å². The maximum absolute atomic E-state index is 5.52. The van der Waals surface area contributed by atoms with Crippen molar-refractivity contribution in [2.45, 2.75) is 53.0 Å². The molecule has 2 unspecified atom stereocenters. The average molecular weight is 280 g/mol. The van der Waals surface area contributed by atoms with E-state index in [4.69, 9.17) is 12.2 Å². The molecular weight excluding hydrogens is 256 g/mol. The molecule has 2 aromatic rings. The minimum absolute atomic E-state index is 0.385. The standard InChI is InChI=1S/C14H24N4S/c1-6-8-11-12-13(17(5)16-11)18(14(19)15-12)10(4)9(3)7-2/h9-10H,6-8H2,1-5H3,(H,15,19). The molecule has 0 radical (unpaired) electrons. The van der Waals surface area contributed by atoms with Gasteiger partial charge in [0.15, 0.2) is 10.4 Å². The van der Waals surface area contributed by atoms with Gasteiger partial charge in [-0.3, -0.25) is 9.25 Å². The highest BCUT2D eigenvalue weighted by molar-refractivity contribution is 7.71. The van der Waals surface area contributed by atoms with Crippen LogP contribution in [0.2, 0.25) is 0 Å². The summed E-state index contributed by atoms with van der Waals surface area (Å²) < 4.78 is 5.00. The van der Waals surface area contributed by atoms with Gasteiger partial charge in [-0.15, -0.1) is 0 Å². The van der Waals surface area contributed by atoms with E-state index in [0.717, 1.165) is 40.9 Å².